The fraction of sp³-hybridized carbons (Fsp3) is 0.250. The maximum absolute atomic E-state index is 9.18. The van der Waals surface area contributed by atoms with Crippen molar-refractivity contribution in [2.75, 3.05) is 28.2 Å². The molecule has 0 saturated heterocycles. The second-order valence-corrected chi connectivity index (χ2v) is 5.67. The minimum absolute atomic E-state index is 0.153. The van der Waals surface area contributed by atoms with E-state index in [2.05, 4.69) is 47.2 Å². The van der Waals surface area contributed by atoms with Gasteiger partial charge in [-0.1, -0.05) is 18.2 Å². The lowest BCUT2D eigenvalue weighted by molar-refractivity contribution is 0.693. The average Bonchev–Trinajstić information content (AvgIpc) is 2.94. The number of anilines is 3. The van der Waals surface area contributed by atoms with Crippen molar-refractivity contribution in [3.05, 3.63) is 66.4 Å². The highest BCUT2D eigenvalue weighted by Crippen LogP contribution is 2.40. The van der Waals surface area contributed by atoms with Gasteiger partial charge in [-0.3, -0.25) is 0 Å². The highest BCUT2D eigenvalue weighted by molar-refractivity contribution is 5.79. The van der Waals surface area contributed by atoms with E-state index in [1.807, 2.05) is 48.7 Å². The minimum Gasteiger partial charge on any atom is -0.362 e. The van der Waals surface area contributed by atoms with Crippen molar-refractivity contribution in [2.45, 2.75) is 20.0 Å². The number of nitriles is 1. The lowest BCUT2D eigenvalue weighted by atomic mass is 10.2. The summed E-state index contributed by atoms with van der Waals surface area (Å²) in [6, 6.07) is 18.3. The first kappa shape index (κ1) is 15.9. The van der Waals surface area contributed by atoms with Crippen molar-refractivity contribution < 1.29 is 0 Å². The van der Waals surface area contributed by atoms with Crippen LogP contribution in [0.25, 0.3) is 0 Å². The largest absolute Gasteiger partial charge is 0.362 e. The molecular weight excluding hydrogens is 296 g/mol. The highest BCUT2D eigenvalue weighted by Gasteiger charge is 2.32. The smallest absolute Gasteiger partial charge is 0.123 e. The topological polar surface area (TPSA) is 42.3 Å². The van der Waals surface area contributed by atoms with E-state index in [-0.39, 0.29) is 6.17 Å². The second kappa shape index (κ2) is 7.10. The van der Waals surface area contributed by atoms with Crippen molar-refractivity contribution in [2.24, 2.45) is 0 Å². The molecule has 4 heteroatoms. The van der Waals surface area contributed by atoms with Gasteiger partial charge < -0.3 is 15.1 Å². The zero-order valence-corrected chi connectivity index (χ0v) is 14.1. The van der Waals surface area contributed by atoms with E-state index in [1.54, 1.807) is 0 Å². The molecule has 0 saturated carbocycles. The molecule has 3 rings (SSSR count). The molecule has 1 heterocycles. The average molecular weight is 318 g/mol. The Kier molecular flexibility index (Phi) is 4.72. The Bertz CT molecular complexity index is 761. The van der Waals surface area contributed by atoms with Gasteiger partial charge in [0.2, 0.25) is 0 Å². The molecule has 1 aliphatic heterocycles. The predicted octanol–water partition coefficient (Wildman–Crippen LogP) is 4.18. The first-order chi connectivity index (χ1) is 11.8. The molecule has 0 fully saturated rings. The van der Waals surface area contributed by atoms with E-state index in [0.717, 1.165) is 24.5 Å². The van der Waals surface area contributed by atoms with Crippen molar-refractivity contribution in [3.8, 4) is 6.07 Å². The van der Waals surface area contributed by atoms with Crippen molar-refractivity contribution >= 4 is 17.1 Å². The Morgan fingerprint density at radius 3 is 2.42 bits per heavy atom. The number of fused-ring (bicyclic) bond motifs is 1. The van der Waals surface area contributed by atoms with Gasteiger partial charge in [0.15, 0.2) is 0 Å². The van der Waals surface area contributed by atoms with E-state index in [4.69, 9.17) is 0 Å². The summed E-state index contributed by atoms with van der Waals surface area (Å²) < 4.78 is 0. The Balaban J connectivity index is 1.85. The summed E-state index contributed by atoms with van der Waals surface area (Å²) in [6.45, 7) is 6.11. The van der Waals surface area contributed by atoms with Gasteiger partial charge in [-0.2, -0.15) is 5.26 Å². The number of likely N-dealkylation sites (N-methyl/N-ethyl adjacent to an activating group) is 2. The van der Waals surface area contributed by atoms with Crippen molar-refractivity contribution in [1.29, 1.82) is 5.26 Å². The van der Waals surface area contributed by atoms with Gasteiger partial charge in [-0.05, 0) is 50.3 Å². The Morgan fingerprint density at radius 2 is 1.75 bits per heavy atom. The highest BCUT2D eigenvalue weighted by atomic mass is 15.4. The molecule has 0 aliphatic carbocycles. The van der Waals surface area contributed by atoms with Gasteiger partial charge in [0.1, 0.15) is 6.17 Å². The molecule has 4 nitrogen and oxygen atoms in total. The predicted molar refractivity (Wildman–Crippen MR) is 100 cm³/mol. The third-order valence-corrected chi connectivity index (χ3v) is 4.34. The molecule has 0 amide bonds. The number of hydrogen-bond acceptors (Lipinski definition) is 4. The van der Waals surface area contributed by atoms with Crippen LogP contribution in [0.1, 0.15) is 19.4 Å². The van der Waals surface area contributed by atoms with Crippen LogP contribution in [-0.2, 0) is 0 Å². The van der Waals surface area contributed by atoms with Crippen molar-refractivity contribution in [3.63, 3.8) is 0 Å². The lowest BCUT2D eigenvalue weighted by Gasteiger charge is -2.29. The number of rotatable bonds is 5. The minimum atomic E-state index is 0.153. The van der Waals surface area contributed by atoms with E-state index in [0.29, 0.717) is 5.56 Å². The molecule has 24 heavy (non-hydrogen) atoms. The Labute approximate surface area is 143 Å². The van der Waals surface area contributed by atoms with Gasteiger partial charge >= 0.3 is 0 Å². The monoisotopic (exact) mass is 318 g/mol. The van der Waals surface area contributed by atoms with E-state index < -0.39 is 0 Å². The van der Waals surface area contributed by atoms with Crippen LogP contribution in [-0.4, -0.2) is 19.3 Å². The molecular formula is C20H22N4. The van der Waals surface area contributed by atoms with Gasteiger partial charge in [0.05, 0.1) is 23.0 Å². The lowest BCUT2D eigenvalue weighted by Crippen LogP contribution is -2.41. The van der Waals surface area contributed by atoms with E-state index in [1.165, 1.54) is 5.69 Å². The zero-order chi connectivity index (χ0) is 16.9. The maximum Gasteiger partial charge on any atom is 0.123 e. The quantitative estimate of drug-likeness (QED) is 0.898. The summed E-state index contributed by atoms with van der Waals surface area (Å²) in [5.41, 5.74) is 4.10. The molecule has 1 N–H and O–H groups in total. The zero-order valence-electron chi connectivity index (χ0n) is 14.1. The Morgan fingerprint density at radius 1 is 1.04 bits per heavy atom. The van der Waals surface area contributed by atoms with Gasteiger partial charge in [0, 0.05) is 25.0 Å². The number of hydrogen-bond donors (Lipinski definition) is 1. The standard InChI is InChI=1S/C20H22N4/c1-3-23-18-11-10-16(15-21)14-19(18)24(4-2)20(23)12-13-22-17-8-6-5-7-9-17/h5-14,20,22H,3-4H2,1-2H3. The number of benzene rings is 2. The van der Waals surface area contributed by atoms with Crippen LogP contribution in [0.15, 0.2) is 60.8 Å². The molecule has 1 aliphatic rings. The summed E-state index contributed by atoms with van der Waals surface area (Å²) >= 11 is 0. The van der Waals surface area contributed by atoms with Gasteiger partial charge in [-0.15, -0.1) is 0 Å². The van der Waals surface area contributed by atoms with Crippen LogP contribution in [0.4, 0.5) is 17.1 Å². The van der Waals surface area contributed by atoms with E-state index in [9.17, 15) is 5.26 Å². The molecule has 122 valence electrons. The third-order valence-electron chi connectivity index (χ3n) is 4.34. The summed E-state index contributed by atoms with van der Waals surface area (Å²) in [4.78, 5) is 4.67. The van der Waals surface area contributed by atoms with Gasteiger partial charge in [-0.25, -0.2) is 0 Å². The van der Waals surface area contributed by atoms with E-state index >= 15 is 0 Å². The molecule has 2 aromatic carbocycles. The molecule has 2 aromatic rings. The molecule has 1 unspecified atom stereocenters. The molecule has 0 aromatic heterocycles. The summed E-state index contributed by atoms with van der Waals surface area (Å²) in [5, 5.41) is 12.5. The van der Waals surface area contributed by atoms with Crippen LogP contribution >= 0.6 is 0 Å². The third kappa shape index (κ3) is 2.93. The normalized spacial score (nSPS) is 16.3. The molecule has 1 atom stereocenters. The van der Waals surface area contributed by atoms with Crippen LogP contribution in [0, 0.1) is 11.3 Å². The van der Waals surface area contributed by atoms with Gasteiger partial charge in [0.25, 0.3) is 0 Å². The summed E-state index contributed by atoms with van der Waals surface area (Å²) in [6.07, 6.45) is 4.33. The number of nitrogens with zero attached hydrogens (tertiary/aromatic N) is 3. The molecule has 0 radical (unpaired) electrons. The van der Waals surface area contributed by atoms with Crippen LogP contribution < -0.4 is 15.1 Å². The summed E-state index contributed by atoms with van der Waals surface area (Å²) in [5.74, 6) is 0. The first-order valence-corrected chi connectivity index (χ1v) is 8.34. The molecule has 0 spiro atoms. The Hall–Kier alpha value is -2.93. The maximum atomic E-state index is 9.18. The molecule has 0 bridgehead atoms. The summed E-state index contributed by atoms with van der Waals surface area (Å²) in [7, 11) is 0. The fourth-order valence-electron chi connectivity index (χ4n) is 3.21. The van der Waals surface area contributed by atoms with Crippen LogP contribution in [0.3, 0.4) is 0 Å². The second-order valence-electron chi connectivity index (χ2n) is 5.67. The first-order valence-electron chi connectivity index (χ1n) is 8.34. The number of nitrogens with one attached hydrogen (secondary N) is 1. The fourth-order valence-corrected chi connectivity index (χ4v) is 3.21. The van der Waals surface area contributed by atoms with Crippen molar-refractivity contribution in [1.82, 2.24) is 0 Å². The van der Waals surface area contributed by atoms with Crippen LogP contribution in [0.2, 0.25) is 0 Å². The van der Waals surface area contributed by atoms with Crippen LogP contribution in [0.5, 0.6) is 0 Å². The number of para-hydroxylation sites is 1. The SMILES string of the molecule is CCN1c2ccc(C#N)cc2N(CC)C1C=CNc1ccccc1.